The number of benzene rings is 1. The molecule has 0 atom stereocenters. The Morgan fingerprint density at radius 2 is 1.69 bits per heavy atom. The van der Waals surface area contributed by atoms with Gasteiger partial charge in [0.2, 0.25) is 0 Å². The Labute approximate surface area is 83.3 Å². The second-order valence-electron chi connectivity index (χ2n) is 3.77. The standard InChI is InChI=1S/C10H13ClN2/c1-10(6-12-13-7-10)8-2-4-9(11)5-3-8/h2-5,12-13H,6-7H2,1H3. The first-order valence-corrected chi connectivity index (χ1v) is 4.80. The molecule has 13 heavy (non-hydrogen) atoms. The molecule has 1 saturated heterocycles. The quantitative estimate of drug-likeness (QED) is 0.715. The highest BCUT2D eigenvalue weighted by molar-refractivity contribution is 6.30. The lowest BCUT2D eigenvalue weighted by molar-refractivity contribution is 0.553. The van der Waals surface area contributed by atoms with Gasteiger partial charge in [-0.3, -0.25) is 10.9 Å². The number of rotatable bonds is 1. The van der Waals surface area contributed by atoms with Gasteiger partial charge in [-0.1, -0.05) is 30.7 Å². The summed E-state index contributed by atoms with van der Waals surface area (Å²) in [6.07, 6.45) is 0. The Hall–Kier alpha value is -0.570. The molecule has 3 heteroatoms. The van der Waals surface area contributed by atoms with Crippen molar-refractivity contribution in [2.75, 3.05) is 13.1 Å². The van der Waals surface area contributed by atoms with Gasteiger partial charge in [-0.05, 0) is 17.7 Å². The molecule has 70 valence electrons. The van der Waals surface area contributed by atoms with E-state index in [0.29, 0.717) is 0 Å². The summed E-state index contributed by atoms with van der Waals surface area (Å²) in [6, 6.07) is 8.08. The van der Waals surface area contributed by atoms with E-state index in [9.17, 15) is 0 Å². The molecule has 1 aromatic rings. The van der Waals surface area contributed by atoms with Crippen molar-refractivity contribution in [3.8, 4) is 0 Å². The fraction of sp³-hybridized carbons (Fsp3) is 0.400. The van der Waals surface area contributed by atoms with E-state index >= 15 is 0 Å². The SMILES string of the molecule is CC1(c2ccc(Cl)cc2)CNNC1. The first kappa shape index (κ1) is 9.00. The van der Waals surface area contributed by atoms with Crippen molar-refractivity contribution >= 4 is 11.6 Å². The van der Waals surface area contributed by atoms with Crippen LogP contribution in [0.4, 0.5) is 0 Å². The van der Waals surface area contributed by atoms with Crippen LogP contribution in [0.1, 0.15) is 12.5 Å². The van der Waals surface area contributed by atoms with Crippen molar-refractivity contribution in [3.05, 3.63) is 34.9 Å². The number of hydrogen-bond acceptors (Lipinski definition) is 2. The minimum absolute atomic E-state index is 0.199. The lowest BCUT2D eigenvalue weighted by Gasteiger charge is -2.21. The van der Waals surface area contributed by atoms with Gasteiger partial charge >= 0.3 is 0 Å². The summed E-state index contributed by atoms with van der Waals surface area (Å²) in [7, 11) is 0. The highest BCUT2D eigenvalue weighted by Crippen LogP contribution is 2.25. The molecule has 2 rings (SSSR count). The van der Waals surface area contributed by atoms with Crippen LogP contribution in [0, 0.1) is 0 Å². The van der Waals surface area contributed by atoms with Crippen LogP contribution in [0.15, 0.2) is 24.3 Å². The zero-order valence-electron chi connectivity index (χ0n) is 7.60. The molecule has 0 spiro atoms. The van der Waals surface area contributed by atoms with Crippen LogP contribution in [0.3, 0.4) is 0 Å². The summed E-state index contributed by atoms with van der Waals surface area (Å²) < 4.78 is 0. The molecular formula is C10H13ClN2. The van der Waals surface area contributed by atoms with Crippen LogP contribution >= 0.6 is 11.6 Å². The van der Waals surface area contributed by atoms with Crippen molar-refractivity contribution in [1.29, 1.82) is 0 Å². The Kier molecular flexibility index (Phi) is 2.28. The molecule has 0 saturated carbocycles. The average molecular weight is 197 g/mol. The maximum Gasteiger partial charge on any atom is 0.0406 e. The molecule has 0 unspecified atom stereocenters. The molecule has 0 aliphatic carbocycles. The van der Waals surface area contributed by atoms with Crippen LogP contribution in [0.5, 0.6) is 0 Å². The van der Waals surface area contributed by atoms with Crippen molar-refractivity contribution in [3.63, 3.8) is 0 Å². The first-order chi connectivity index (χ1) is 6.21. The topological polar surface area (TPSA) is 24.1 Å². The average Bonchev–Trinajstić information content (AvgIpc) is 2.54. The second-order valence-corrected chi connectivity index (χ2v) is 4.21. The maximum atomic E-state index is 5.83. The van der Waals surface area contributed by atoms with E-state index < -0.39 is 0 Å². The number of hydrazine groups is 1. The van der Waals surface area contributed by atoms with Gasteiger partial charge in [0.05, 0.1) is 0 Å². The lowest BCUT2D eigenvalue weighted by Crippen LogP contribution is -2.27. The van der Waals surface area contributed by atoms with E-state index in [-0.39, 0.29) is 5.41 Å². The van der Waals surface area contributed by atoms with Gasteiger partial charge in [0.1, 0.15) is 0 Å². The zero-order valence-corrected chi connectivity index (χ0v) is 8.36. The van der Waals surface area contributed by atoms with Crippen LogP contribution < -0.4 is 10.9 Å². The van der Waals surface area contributed by atoms with Crippen molar-refractivity contribution in [2.24, 2.45) is 0 Å². The van der Waals surface area contributed by atoms with E-state index in [2.05, 4.69) is 29.9 Å². The summed E-state index contributed by atoms with van der Waals surface area (Å²) in [4.78, 5) is 0. The van der Waals surface area contributed by atoms with Gasteiger partial charge < -0.3 is 0 Å². The fourth-order valence-electron chi connectivity index (χ4n) is 1.63. The lowest BCUT2D eigenvalue weighted by atomic mass is 9.84. The molecule has 1 heterocycles. The smallest absolute Gasteiger partial charge is 0.0406 e. The van der Waals surface area contributed by atoms with Crippen LogP contribution in [-0.4, -0.2) is 13.1 Å². The largest absolute Gasteiger partial charge is 0.257 e. The predicted octanol–water partition coefficient (Wildman–Crippen LogP) is 1.71. The van der Waals surface area contributed by atoms with Gasteiger partial charge in [0.15, 0.2) is 0 Å². The van der Waals surface area contributed by atoms with E-state index in [1.807, 2.05) is 12.1 Å². The molecule has 0 bridgehead atoms. The third-order valence-electron chi connectivity index (χ3n) is 2.62. The van der Waals surface area contributed by atoms with Crippen LogP contribution in [0.25, 0.3) is 0 Å². The number of halogens is 1. The van der Waals surface area contributed by atoms with Crippen LogP contribution in [-0.2, 0) is 5.41 Å². The minimum Gasteiger partial charge on any atom is -0.257 e. The van der Waals surface area contributed by atoms with E-state index in [1.165, 1.54) is 5.56 Å². The van der Waals surface area contributed by atoms with E-state index in [0.717, 1.165) is 18.1 Å². The van der Waals surface area contributed by atoms with E-state index in [1.54, 1.807) is 0 Å². The van der Waals surface area contributed by atoms with Gasteiger partial charge in [-0.25, -0.2) is 0 Å². The molecule has 2 nitrogen and oxygen atoms in total. The Morgan fingerprint density at radius 1 is 1.15 bits per heavy atom. The molecule has 1 aromatic carbocycles. The normalized spacial score (nSPS) is 20.5. The fourth-order valence-corrected chi connectivity index (χ4v) is 1.76. The highest BCUT2D eigenvalue weighted by Gasteiger charge is 2.30. The van der Waals surface area contributed by atoms with Crippen molar-refractivity contribution < 1.29 is 0 Å². The molecule has 2 N–H and O–H groups in total. The summed E-state index contributed by atoms with van der Waals surface area (Å²) in [5.74, 6) is 0. The summed E-state index contributed by atoms with van der Waals surface area (Å²) in [5.41, 5.74) is 7.81. The van der Waals surface area contributed by atoms with Gasteiger partial charge in [0.25, 0.3) is 0 Å². The molecule has 1 fully saturated rings. The third-order valence-corrected chi connectivity index (χ3v) is 2.88. The molecule has 0 radical (unpaired) electrons. The van der Waals surface area contributed by atoms with Gasteiger partial charge in [-0.15, -0.1) is 0 Å². The van der Waals surface area contributed by atoms with E-state index in [4.69, 9.17) is 11.6 Å². The van der Waals surface area contributed by atoms with Crippen molar-refractivity contribution in [2.45, 2.75) is 12.3 Å². The molecular weight excluding hydrogens is 184 g/mol. The monoisotopic (exact) mass is 196 g/mol. The van der Waals surface area contributed by atoms with Gasteiger partial charge in [0, 0.05) is 23.5 Å². The number of hydrogen-bond donors (Lipinski definition) is 2. The third kappa shape index (κ3) is 1.70. The second kappa shape index (κ2) is 3.29. The molecule has 0 amide bonds. The molecule has 1 aliphatic heterocycles. The summed E-state index contributed by atoms with van der Waals surface area (Å²) in [6.45, 7) is 4.17. The number of nitrogens with one attached hydrogen (secondary N) is 2. The minimum atomic E-state index is 0.199. The zero-order chi connectivity index (χ0) is 9.31. The summed E-state index contributed by atoms with van der Waals surface area (Å²) >= 11 is 5.83. The van der Waals surface area contributed by atoms with Crippen LogP contribution in [0.2, 0.25) is 5.02 Å². The Balaban J connectivity index is 2.29. The highest BCUT2D eigenvalue weighted by atomic mass is 35.5. The Morgan fingerprint density at radius 3 is 2.23 bits per heavy atom. The Bertz CT molecular complexity index is 288. The molecule has 1 aliphatic rings. The summed E-state index contributed by atoms with van der Waals surface area (Å²) in [5, 5.41) is 0.797. The maximum absolute atomic E-state index is 5.83. The first-order valence-electron chi connectivity index (χ1n) is 4.42. The molecule has 0 aromatic heterocycles. The van der Waals surface area contributed by atoms with Gasteiger partial charge in [-0.2, -0.15) is 0 Å². The predicted molar refractivity (Wildman–Crippen MR) is 54.8 cm³/mol. The van der Waals surface area contributed by atoms with Crippen molar-refractivity contribution in [1.82, 2.24) is 10.9 Å².